The average molecular weight is 571 g/mol. The molecule has 0 aliphatic carbocycles. The van der Waals surface area contributed by atoms with Crippen LogP contribution >= 0.6 is 11.8 Å². The van der Waals surface area contributed by atoms with E-state index in [4.69, 9.17) is 9.47 Å². The molecule has 0 unspecified atom stereocenters. The van der Waals surface area contributed by atoms with Gasteiger partial charge in [0.15, 0.2) is 11.4 Å². The van der Waals surface area contributed by atoms with E-state index in [1.165, 1.54) is 0 Å². The molecule has 0 radical (unpaired) electrons. The van der Waals surface area contributed by atoms with Gasteiger partial charge in [0.1, 0.15) is 0 Å². The third-order valence-corrected chi connectivity index (χ3v) is 7.80. The van der Waals surface area contributed by atoms with Crippen LogP contribution in [0.3, 0.4) is 0 Å². The van der Waals surface area contributed by atoms with E-state index in [9.17, 15) is 9.90 Å². The standard InChI is InChI=1S/C32H34N4O4S/c1-2-33-31(38)36-19-23-5-3-6-27(17-23)24-11-13-26(14-12-24)30-39-28(21-41-32-34-15-4-16-35-32)18-29(40-30)25-9-7-22(20-37)8-10-25/h3-17,28-30,37H,2,18-21H2,1H3,(H2,33,36,38)/t28-,29+,30+/m1/s1. The van der Waals surface area contributed by atoms with Crippen molar-refractivity contribution < 1.29 is 19.4 Å². The number of rotatable bonds is 10. The fraction of sp³-hybridized carbons (Fsp3) is 0.281. The molecule has 8 nitrogen and oxygen atoms in total. The molecule has 2 heterocycles. The van der Waals surface area contributed by atoms with Gasteiger partial charge in [0.25, 0.3) is 0 Å². The molecule has 1 saturated heterocycles. The Kier molecular flexibility index (Phi) is 9.98. The third kappa shape index (κ3) is 7.92. The van der Waals surface area contributed by atoms with Gasteiger partial charge in [-0.15, -0.1) is 0 Å². The number of urea groups is 1. The van der Waals surface area contributed by atoms with Crippen molar-refractivity contribution in [3.63, 3.8) is 0 Å². The molecule has 0 bridgehead atoms. The maximum absolute atomic E-state index is 11.8. The molecule has 2 amide bonds. The Hall–Kier alpha value is -3.76. The summed E-state index contributed by atoms with van der Waals surface area (Å²) in [6.45, 7) is 2.94. The zero-order valence-corrected chi connectivity index (χ0v) is 23.7. The van der Waals surface area contributed by atoms with E-state index in [2.05, 4.69) is 44.9 Å². The van der Waals surface area contributed by atoms with E-state index >= 15 is 0 Å². The Morgan fingerprint density at radius 1 is 0.902 bits per heavy atom. The number of hydrogen-bond donors (Lipinski definition) is 3. The summed E-state index contributed by atoms with van der Waals surface area (Å²) in [6, 6.07) is 25.9. The first-order valence-corrected chi connectivity index (χ1v) is 14.7. The van der Waals surface area contributed by atoms with Crippen molar-refractivity contribution in [2.45, 2.75) is 50.2 Å². The highest BCUT2D eigenvalue weighted by atomic mass is 32.2. The maximum Gasteiger partial charge on any atom is 0.315 e. The number of aromatic nitrogens is 2. The van der Waals surface area contributed by atoms with Gasteiger partial charge < -0.3 is 25.2 Å². The van der Waals surface area contributed by atoms with Crippen LogP contribution in [0.5, 0.6) is 0 Å². The van der Waals surface area contributed by atoms with E-state index in [1.54, 1.807) is 30.2 Å². The monoisotopic (exact) mass is 570 g/mol. The van der Waals surface area contributed by atoms with Crippen molar-refractivity contribution in [3.05, 3.63) is 114 Å². The van der Waals surface area contributed by atoms with Crippen molar-refractivity contribution in [3.8, 4) is 11.1 Å². The van der Waals surface area contributed by atoms with Crippen LogP contribution < -0.4 is 10.6 Å². The van der Waals surface area contributed by atoms with Crippen molar-refractivity contribution in [1.82, 2.24) is 20.6 Å². The van der Waals surface area contributed by atoms with Crippen LogP contribution in [0.4, 0.5) is 4.79 Å². The van der Waals surface area contributed by atoms with Crippen molar-refractivity contribution in [2.24, 2.45) is 0 Å². The van der Waals surface area contributed by atoms with E-state index in [0.29, 0.717) is 25.3 Å². The summed E-state index contributed by atoms with van der Waals surface area (Å²) in [5.41, 5.74) is 6.01. The lowest BCUT2D eigenvalue weighted by molar-refractivity contribution is -0.245. The molecule has 4 aromatic rings. The Labute approximate surface area is 244 Å². The van der Waals surface area contributed by atoms with E-state index < -0.39 is 6.29 Å². The first-order chi connectivity index (χ1) is 20.1. The number of thioether (sulfide) groups is 1. The number of nitrogens with zero attached hydrogens (tertiary/aromatic N) is 2. The van der Waals surface area contributed by atoms with Crippen molar-refractivity contribution in [1.29, 1.82) is 0 Å². The maximum atomic E-state index is 11.8. The number of ether oxygens (including phenoxy) is 2. The van der Waals surface area contributed by atoms with Gasteiger partial charge in [-0.05, 0) is 46.9 Å². The predicted octanol–water partition coefficient (Wildman–Crippen LogP) is 5.79. The summed E-state index contributed by atoms with van der Waals surface area (Å²) in [5.74, 6) is 0.699. The van der Waals surface area contributed by atoms with Gasteiger partial charge in [-0.3, -0.25) is 0 Å². The second-order valence-corrected chi connectivity index (χ2v) is 10.7. The van der Waals surface area contributed by atoms with Gasteiger partial charge in [0, 0.05) is 43.2 Å². The minimum Gasteiger partial charge on any atom is -0.392 e. The topological polar surface area (TPSA) is 106 Å². The van der Waals surface area contributed by atoms with Gasteiger partial charge in [-0.25, -0.2) is 14.8 Å². The van der Waals surface area contributed by atoms with Gasteiger partial charge >= 0.3 is 6.03 Å². The molecule has 0 saturated carbocycles. The number of aliphatic hydroxyl groups is 1. The Bertz CT molecular complexity index is 1400. The molecule has 9 heteroatoms. The number of aliphatic hydroxyl groups excluding tert-OH is 1. The highest BCUT2D eigenvalue weighted by Gasteiger charge is 2.32. The molecule has 3 atom stereocenters. The quantitative estimate of drug-likeness (QED) is 0.164. The molecule has 1 aliphatic heterocycles. The molecule has 0 spiro atoms. The predicted molar refractivity (Wildman–Crippen MR) is 159 cm³/mol. The summed E-state index contributed by atoms with van der Waals surface area (Å²) >= 11 is 1.57. The number of carbonyl (C=O) groups is 1. The van der Waals surface area contributed by atoms with Crippen LogP contribution in [0.15, 0.2) is 96.4 Å². The molecular formula is C32H34N4O4S. The molecule has 1 aromatic heterocycles. The van der Waals surface area contributed by atoms with Crippen LogP contribution in [-0.4, -0.2) is 39.5 Å². The summed E-state index contributed by atoms with van der Waals surface area (Å²) in [5, 5.41) is 15.8. The number of hydrogen-bond acceptors (Lipinski definition) is 7. The Morgan fingerprint density at radius 2 is 1.66 bits per heavy atom. The van der Waals surface area contributed by atoms with Gasteiger partial charge in [0.05, 0.1) is 18.8 Å². The first-order valence-electron chi connectivity index (χ1n) is 13.7. The van der Waals surface area contributed by atoms with Gasteiger partial charge in [-0.2, -0.15) is 0 Å². The number of carbonyl (C=O) groups excluding carboxylic acids is 1. The van der Waals surface area contributed by atoms with E-state index in [-0.39, 0.29) is 24.8 Å². The van der Waals surface area contributed by atoms with Crippen LogP contribution in [-0.2, 0) is 22.6 Å². The first kappa shape index (κ1) is 28.8. The Balaban J connectivity index is 1.31. The second kappa shape index (κ2) is 14.2. The fourth-order valence-corrected chi connectivity index (χ4v) is 5.47. The minimum atomic E-state index is -0.532. The zero-order valence-electron chi connectivity index (χ0n) is 22.9. The van der Waals surface area contributed by atoms with Gasteiger partial charge in [-0.1, -0.05) is 78.5 Å². The minimum absolute atomic E-state index is 0.00778. The molecule has 41 heavy (non-hydrogen) atoms. The molecule has 212 valence electrons. The van der Waals surface area contributed by atoms with E-state index in [1.807, 2.05) is 55.5 Å². The second-order valence-electron chi connectivity index (χ2n) is 9.73. The molecule has 5 rings (SSSR count). The summed E-state index contributed by atoms with van der Waals surface area (Å²) < 4.78 is 12.9. The number of amides is 2. The average Bonchev–Trinajstić information content (AvgIpc) is 3.03. The van der Waals surface area contributed by atoms with Gasteiger partial charge in [0.2, 0.25) is 0 Å². The van der Waals surface area contributed by atoms with Crippen molar-refractivity contribution >= 4 is 17.8 Å². The number of nitrogens with one attached hydrogen (secondary N) is 2. The Morgan fingerprint density at radius 3 is 2.39 bits per heavy atom. The number of benzene rings is 3. The fourth-order valence-electron chi connectivity index (χ4n) is 4.65. The van der Waals surface area contributed by atoms with Crippen LogP contribution in [0.2, 0.25) is 0 Å². The van der Waals surface area contributed by atoms with E-state index in [0.717, 1.165) is 38.5 Å². The molecular weight excluding hydrogens is 536 g/mol. The molecule has 1 fully saturated rings. The summed E-state index contributed by atoms with van der Waals surface area (Å²) in [4.78, 5) is 20.4. The highest BCUT2D eigenvalue weighted by molar-refractivity contribution is 7.99. The molecule has 3 N–H and O–H groups in total. The SMILES string of the molecule is CCNC(=O)NCc1cccc(-c2ccc([C@H]3O[C@@H](CSc4ncccn4)C[C@@H](c4ccc(CO)cc4)O3)cc2)c1. The van der Waals surface area contributed by atoms with Crippen LogP contribution in [0.25, 0.3) is 11.1 Å². The normalized spacial score (nSPS) is 18.5. The summed E-state index contributed by atoms with van der Waals surface area (Å²) in [7, 11) is 0. The van der Waals surface area contributed by atoms with Crippen molar-refractivity contribution in [2.75, 3.05) is 12.3 Å². The lowest BCUT2D eigenvalue weighted by atomic mass is 9.99. The smallest absolute Gasteiger partial charge is 0.315 e. The lowest BCUT2D eigenvalue weighted by Gasteiger charge is -2.36. The van der Waals surface area contributed by atoms with Crippen LogP contribution in [0.1, 0.15) is 48.0 Å². The third-order valence-electron chi connectivity index (χ3n) is 6.79. The lowest BCUT2D eigenvalue weighted by Crippen LogP contribution is -2.34. The molecule has 1 aliphatic rings. The zero-order chi connectivity index (χ0) is 28.4. The highest BCUT2D eigenvalue weighted by Crippen LogP contribution is 2.39. The summed E-state index contributed by atoms with van der Waals surface area (Å²) in [6.07, 6.45) is 3.42. The molecule has 3 aromatic carbocycles. The van der Waals surface area contributed by atoms with Crippen LogP contribution in [0, 0.1) is 0 Å². The largest absolute Gasteiger partial charge is 0.392 e.